The predicted molar refractivity (Wildman–Crippen MR) is 128 cm³/mol. The van der Waals surface area contributed by atoms with E-state index in [1.54, 1.807) is 6.20 Å². The molecule has 5 rings (SSSR count). The molecule has 1 aliphatic carbocycles. The molecule has 1 saturated carbocycles. The standard InChI is InChI=1S/C25H33N5O4/c1-16-4-9-19-20(29(16)25(33)34-2)10-11-21-23(19)27-22(12-15-28-14-3-13-26-28)30(21)18-7-5-17(6-8-18)24(31)32/h3,10-11,13-14,16-18,25,33H,4-9,12,15H2,1-2H3,(H,31,32)/t16-,17?,18?,25?/m0/s1. The van der Waals surface area contributed by atoms with E-state index in [0.717, 1.165) is 66.8 Å². The highest BCUT2D eigenvalue weighted by atomic mass is 16.6. The Labute approximate surface area is 199 Å². The van der Waals surface area contributed by atoms with Crippen molar-refractivity contribution >= 4 is 22.7 Å². The van der Waals surface area contributed by atoms with E-state index in [0.29, 0.717) is 12.8 Å². The summed E-state index contributed by atoms with van der Waals surface area (Å²) >= 11 is 0. The van der Waals surface area contributed by atoms with Crippen LogP contribution in [0.3, 0.4) is 0 Å². The van der Waals surface area contributed by atoms with Gasteiger partial charge < -0.3 is 24.4 Å². The minimum absolute atomic E-state index is 0.160. The fraction of sp³-hybridized carbons (Fsp3) is 0.560. The van der Waals surface area contributed by atoms with Crippen molar-refractivity contribution in [2.75, 3.05) is 12.0 Å². The van der Waals surface area contributed by atoms with Crippen LogP contribution in [0.5, 0.6) is 0 Å². The van der Waals surface area contributed by atoms with Gasteiger partial charge in [0.15, 0.2) is 0 Å². The van der Waals surface area contributed by atoms with Crippen LogP contribution in [0.4, 0.5) is 5.69 Å². The zero-order valence-electron chi connectivity index (χ0n) is 19.8. The molecule has 3 heterocycles. The van der Waals surface area contributed by atoms with Gasteiger partial charge in [0, 0.05) is 55.8 Å². The van der Waals surface area contributed by atoms with Crippen molar-refractivity contribution in [3.63, 3.8) is 0 Å². The minimum atomic E-state index is -1.00. The number of ether oxygens (including phenoxy) is 1. The summed E-state index contributed by atoms with van der Waals surface area (Å²) in [6.45, 7) is 2.83. The highest BCUT2D eigenvalue weighted by molar-refractivity contribution is 5.86. The Kier molecular flexibility index (Phi) is 6.31. The second-order valence-corrected chi connectivity index (χ2v) is 9.55. The Morgan fingerprint density at radius 3 is 2.71 bits per heavy atom. The second kappa shape index (κ2) is 9.38. The molecule has 1 unspecified atom stereocenters. The largest absolute Gasteiger partial charge is 0.481 e. The number of imidazole rings is 1. The first kappa shape index (κ1) is 22.9. The van der Waals surface area contributed by atoms with Crippen LogP contribution < -0.4 is 4.90 Å². The Hall–Kier alpha value is -2.91. The normalized spacial score (nSPS) is 23.7. The molecule has 9 nitrogen and oxygen atoms in total. The van der Waals surface area contributed by atoms with Crippen LogP contribution in [0.2, 0.25) is 0 Å². The van der Waals surface area contributed by atoms with Crippen molar-refractivity contribution < 1.29 is 19.7 Å². The number of fused-ring (bicyclic) bond motifs is 3. The minimum Gasteiger partial charge on any atom is -0.481 e. The fourth-order valence-electron chi connectivity index (χ4n) is 5.73. The van der Waals surface area contributed by atoms with Gasteiger partial charge in [-0.3, -0.25) is 9.48 Å². The number of carboxylic acids is 1. The molecule has 2 aliphatic rings. The van der Waals surface area contributed by atoms with E-state index in [4.69, 9.17) is 9.72 Å². The maximum Gasteiger partial charge on any atom is 0.306 e. The molecule has 9 heteroatoms. The van der Waals surface area contributed by atoms with E-state index >= 15 is 0 Å². The third-order valence-corrected chi connectivity index (χ3v) is 7.56. The smallest absolute Gasteiger partial charge is 0.306 e. The van der Waals surface area contributed by atoms with Crippen molar-refractivity contribution in [1.29, 1.82) is 0 Å². The van der Waals surface area contributed by atoms with E-state index in [-0.39, 0.29) is 18.0 Å². The summed E-state index contributed by atoms with van der Waals surface area (Å²) in [6.07, 6.45) is 8.32. The molecule has 0 radical (unpaired) electrons. The first-order valence-corrected chi connectivity index (χ1v) is 12.2. The number of nitrogens with zero attached hydrogens (tertiary/aromatic N) is 5. The second-order valence-electron chi connectivity index (χ2n) is 9.55. The number of aliphatic carboxylic acids is 1. The summed E-state index contributed by atoms with van der Waals surface area (Å²) < 4.78 is 9.53. The van der Waals surface area contributed by atoms with E-state index < -0.39 is 12.4 Å². The quantitative estimate of drug-likeness (QED) is 0.513. The monoisotopic (exact) mass is 467 g/mol. The number of anilines is 1. The number of hydrogen-bond acceptors (Lipinski definition) is 6. The summed E-state index contributed by atoms with van der Waals surface area (Å²) in [6, 6.07) is 6.49. The van der Waals surface area contributed by atoms with Crippen molar-refractivity contribution in [2.45, 2.75) is 76.9 Å². The Morgan fingerprint density at radius 1 is 1.24 bits per heavy atom. The lowest BCUT2D eigenvalue weighted by Gasteiger charge is -2.39. The first-order valence-electron chi connectivity index (χ1n) is 12.2. The van der Waals surface area contributed by atoms with E-state index in [1.165, 1.54) is 7.11 Å². The van der Waals surface area contributed by atoms with Gasteiger partial charge in [0.2, 0.25) is 6.41 Å². The maximum atomic E-state index is 11.5. The molecule has 0 spiro atoms. The molecule has 1 aliphatic heterocycles. The molecule has 182 valence electrons. The number of carbonyl (C=O) groups is 1. The number of aliphatic hydroxyl groups excluding tert-OH is 1. The fourth-order valence-corrected chi connectivity index (χ4v) is 5.73. The number of rotatable bonds is 7. The zero-order valence-corrected chi connectivity index (χ0v) is 19.8. The third-order valence-electron chi connectivity index (χ3n) is 7.56. The van der Waals surface area contributed by atoms with Crippen LogP contribution in [0, 0.1) is 5.92 Å². The van der Waals surface area contributed by atoms with Gasteiger partial charge in [-0.15, -0.1) is 0 Å². The van der Waals surface area contributed by atoms with Crippen LogP contribution in [-0.2, 0) is 28.9 Å². The van der Waals surface area contributed by atoms with Crippen LogP contribution in [0.25, 0.3) is 11.0 Å². The molecule has 0 saturated heterocycles. The van der Waals surface area contributed by atoms with E-state index in [1.807, 2.05) is 21.8 Å². The van der Waals surface area contributed by atoms with Crippen molar-refractivity contribution in [1.82, 2.24) is 19.3 Å². The van der Waals surface area contributed by atoms with Crippen molar-refractivity contribution in [3.8, 4) is 0 Å². The Bertz CT molecular complexity index is 1150. The van der Waals surface area contributed by atoms with Gasteiger partial charge in [-0.2, -0.15) is 5.10 Å². The molecule has 1 fully saturated rings. The molecule has 34 heavy (non-hydrogen) atoms. The summed E-state index contributed by atoms with van der Waals surface area (Å²) in [5, 5.41) is 24.3. The summed E-state index contributed by atoms with van der Waals surface area (Å²) in [5.41, 5.74) is 4.19. The van der Waals surface area contributed by atoms with Crippen LogP contribution in [0.1, 0.15) is 56.5 Å². The zero-order chi connectivity index (χ0) is 23.8. The molecule has 3 aromatic rings. The molecular weight excluding hydrogens is 434 g/mol. The highest BCUT2D eigenvalue weighted by Gasteiger charge is 2.33. The lowest BCUT2D eigenvalue weighted by Crippen LogP contribution is -2.45. The number of aryl methyl sites for hydroxylation is 3. The van der Waals surface area contributed by atoms with E-state index in [2.05, 4.69) is 28.7 Å². The predicted octanol–water partition coefficient (Wildman–Crippen LogP) is 3.35. The maximum absolute atomic E-state index is 11.5. The molecule has 1 aromatic carbocycles. The van der Waals surface area contributed by atoms with Gasteiger partial charge in [-0.25, -0.2) is 4.98 Å². The molecular formula is C25H33N5O4. The lowest BCUT2D eigenvalue weighted by atomic mass is 9.86. The first-order chi connectivity index (χ1) is 16.5. The van der Waals surface area contributed by atoms with Crippen LogP contribution in [0.15, 0.2) is 30.6 Å². The number of hydrogen-bond donors (Lipinski definition) is 2. The summed E-state index contributed by atoms with van der Waals surface area (Å²) in [7, 11) is 1.51. The van der Waals surface area contributed by atoms with E-state index in [9.17, 15) is 15.0 Å². The lowest BCUT2D eigenvalue weighted by molar-refractivity contribution is -0.143. The number of benzene rings is 1. The van der Waals surface area contributed by atoms with Gasteiger partial charge >= 0.3 is 5.97 Å². The third kappa shape index (κ3) is 4.07. The number of aliphatic hydroxyl groups is 1. The average molecular weight is 468 g/mol. The molecule has 2 aromatic heterocycles. The molecule has 2 atom stereocenters. The van der Waals surface area contributed by atoms with Gasteiger partial charge in [0.1, 0.15) is 5.82 Å². The molecule has 0 bridgehead atoms. The number of methoxy groups -OCH3 is 1. The van der Waals surface area contributed by atoms with Crippen LogP contribution >= 0.6 is 0 Å². The van der Waals surface area contributed by atoms with Gasteiger partial charge in [-0.1, -0.05) is 0 Å². The summed E-state index contributed by atoms with van der Waals surface area (Å²) in [5.74, 6) is 0.0693. The molecule has 2 N–H and O–H groups in total. The SMILES string of the molecule is COC(O)N1c2ccc3c(nc(CCn4cccn4)n3C3CCC(C(=O)O)CC3)c2CC[C@@H]1C. The van der Waals surface area contributed by atoms with Crippen LogP contribution in [-0.4, -0.2) is 55.1 Å². The summed E-state index contributed by atoms with van der Waals surface area (Å²) in [4.78, 5) is 18.6. The van der Waals surface area contributed by atoms with Gasteiger partial charge in [-0.05, 0) is 63.6 Å². The van der Waals surface area contributed by atoms with Gasteiger partial charge in [0.05, 0.1) is 17.0 Å². The highest BCUT2D eigenvalue weighted by Crippen LogP contribution is 2.40. The van der Waals surface area contributed by atoms with Crippen molar-refractivity contribution in [3.05, 3.63) is 42.0 Å². The average Bonchev–Trinajstić information content (AvgIpc) is 3.49. The topological polar surface area (TPSA) is 106 Å². The van der Waals surface area contributed by atoms with Gasteiger partial charge in [0.25, 0.3) is 0 Å². The van der Waals surface area contributed by atoms with Crippen molar-refractivity contribution in [2.24, 2.45) is 5.92 Å². The molecule has 0 amide bonds. The number of carboxylic acid groups (broad SMARTS) is 1. The Morgan fingerprint density at radius 2 is 2.03 bits per heavy atom. The number of aromatic nitrogens is 4. The Balaban J connectivity index is 1.56.